The molecule has 1 aliphatic heterocycles. The number of hydrogen-bond acceptors (Lipinski definition) is 2. The van der Waals surface area contributed by atoms with E-state index in [-0.39, 0.29) is 17.2 Å². The van der Waals surface area contributed by atoms with E-state index in [0.717, 1.165) is 37.4 Å². The molecule has 1 heterocycles. The molecule has 3 fully saturated rings. The highest BCUT2D eigenvalue weighted by molar-refractivity contribution is 5.91. The number of fused-ring (bicyclic) bond motifs is 1. The van der Waals surface area contributed by atoms with Gasteiger partial charge in [-0.25, -0.2) is 0 Å². The molecule has 1 saturated heterocycles. The number of hydrogen-bond donors (Lipinski definition) is 1. The third-order valence-electron chi connectivity index (χ3n) is 6.78. The van der Waals surface area contributed by atoms with E-state index in [2.05, 4.69) is 5.32 Å². The third kappa shape index (κ3) is 3.51. The summed E-state index contributed by atoms with van der Waals surface area (Å²) in [7, 11) is 0. The van der Waals surface area contributed by atoms with Crippen LogP contribution in [0.15, 0.2) is 30.3 Å². The van der Waals surface area contributed by atoms with Crippen LogP contribution in [0.1, 0.15) is 56.9 Å². The van der Waals surface area contributed by atoms with Gasteiger partial charge in [-0.3, -0.25) is 9.59 Å². The summed E-state index contributed by atoms with van der Waals surface area (Å²) < 4.78 is 0. The van der Waals surface area contributed by atoms with E-state index >= 15 is 0 Å². The topological polar surface area (TPSA) is 49.4 Å². The largest absolute Gasteiger partial charge is 0.355 e. The van der Waals surface area contributed by atoms with Crippen molar-refractivity contribution in [1.29, 1.82) is 0 Å². The van der Waals surface area contributed by atoms with Crippen molar-refractivity contribution < 1.29 is 9.59 Å². The molecule has 2 amide bonds. The van der Waals surface area contributed by atoms with E-state index in [1.807, 2.05) is 35.2 Å². The van der Waals surface area contributed by atoms with Gasteiger partial charge in [0.25, 0.3) is 0 Å². The number of carbonyl (C=O) groups is 2. The predicted octanol–water partition coefficient (Wildman–Crippen LogP) is 3.26. The molecule has 2 aliphatic carbocycles. The van der Waals surface area contributed by atoms with Crippen molar-refractivity contribution >= 4 is 11.8 Å². The molecule has 140 valence electrons. The zero-order valence-corrected chi connectivity index (χ0v) is 15.6. The summed E-state index contributed by atoms with van der Waals surface area (Å²) in [4.78, 5) is 27.2. The van der Waals surface area contributed by atoms with E-state index in [1.165, 1.54) is 32.1 Å². The fourth-order valence-electron chi connectivity index (χ4n) is 4.97. The van der Waals surface area contributed by atoms with Gasteiger partial charge in [-0.1, -0.05) is 49.6 Å². The highest BCUT2D eigenvalue weighted by atomic mass is 16.2. The quantitative estimate of drug-likeness (QED) is 0.882. The van der Waals surface area contributed by atoms with Gasteiger partial charge in [0.15, 0.2) is 0 Å². The smallest absolute Gasteiger partial charge is 0.230 e. The average Bonchev–Trinajstić information content (AvgIpc) is 3.50. The first kappa shape index (κ1) is 17.6. The minimum Gasteiger partial charge on any atom is -0.355 e. The molecular weight excluding hydrogens is 324 g/mol. The summed E-state index contributed by atoms with van der Waals surface area (Å²) in [6.45, 7) is 2.30. The summed E-state index contributed by atoms with van der Waals surface area (Å²) in [6, 6.07) is 10.0. The van der Waals surface area contributed by atoms with Crippen LogP contribution in [-0.2, 0) is 15.0 Å². The monoisotopic (exact) mass is 354 g/mol. The van der Waals surface area contributed by atoms with Gasteiger partial charge in [0, 0.05) is 26.1 Å². The minimum atomic E-state index is -0.343. The van der Waals surface area contributed by atoms with Crippen molar-refractivity contribution in [3.05, 3.63) is 35.9 Å². The Morgan fingerprint density at radius 3 is 2.50 bits per heavy atom. The summed E-state index contributed by atoms with van der Waals surface area (Å²) in [5.74, 6) is 1.85. The zero-order chi connectivity index (χ0) is 18.0. The summed E-state index contributed by atoms with van der Waals surface area (Å²) >= 11 is 0. The number of piperidine rings is 1. The van der Waals surface area contributed by atoms with Crippen molar-refractivity contribution in [1.82, 2.24) is 10.2 Å². The summed E-state index contributed by atoms with van der Waals surface area (Å²) in [5.41, 5.74) is 0.758. The molecule has 1 N–H and O–H groups in total. The minimum absolute atomic E-state index is 0.0856. The van der Waals surface area contributed by atoms with E-state index < -0.39 is 0 Å². The number of nitrogens with zero attached hydrogens (tertiary/aromatic N) is 1. The Labute approximate surface area is 156 Å². The van der Waals surface area contributed by atoms with E-state index in [4.69, 9.17) is 0 Å². The van der Waals surface area contributed by atoms with Gasteiger partial charge in [0.1, 0.15) is 0 Å². The molecule has 2 atom stereocenters. The lowest BCUT2D eigenvalue weighted by molar-refractivity contribution is -0.134. The van der Waals surface area contributed by atoms with Gasteiger partial charge in [0.2, 0.25) is 11.8 Å². The molecule has 0 aromatic heterocycles. The first-order valence-corrected chi connectivity index (χ1v) is 10.3. The molecule has 26 heavy (non-hydrogen) atoms. The Morgan fingerprint density at radius 2 is 1.77 bits per heavy atom. The zero-order valence-electron chi connectivity index (χ0n) is 15.6. The summed E-state index contributed by atoms with van der Waals surface area (Å²) in [6.07, 6.45) is 8.73. The van der Waals surface area contributed by atoms with Crippen LogP contribution in [0.5, 0.6) is 0 Å². The predicted molar refractivity (Wildman–Crippen MR) is 102 cm³/mol. The lowest BCUT2D eigenvalue weighted by atomic mass is 9.75. The van der Waals surface area contributed by atoms with Gasteiger partial charge in [0.05, 0.1) is 5.41 Å². The van der Waals surface area contributed by atoms with Gasteiger partial charge in [-0.05, 0) is 43.1 Å². The molecule has 2 saturated carbocycles. The SMILES string of the molecule is O=C(CCNC(=O)C1(c2ccccc2)CC1)N1CCC2CCCCC2C1. The molecule has 0 radical (unpaired) electrons. The first-order valence-electron chi connectivity index (χ1n) is 10.3. The van der Waals surface area contributed by atoms with Crippen molar-refractivity contribution in [3.8, 4) is 0 Å². The molecule has 3 aliphatic rings. The Balaban J connectivity index is 1.24. The van der Waals surface area contributed by atoms with Gasteiger partial charge >= 0.3 is 0 Å². The van der Waals surface area contributed by atoms with Crippen LogP contribution in [0.25, 0.3) is 0 Å². The van der Waals surface area contributed by atoms with Gasteiger partial charge in [-0.15, -0.1) is 0 Å². The maximum absolute atomic E-state index is 12.6. The van der Waals surface area contributed by atoms with Crippen LogP contribution in [0.2, 0.25) is 0 Å². The number of benzene rings is 1. The lowest BCUT2D eigenvalue weighted by Crippen LogP contribution is -2.45. The molecular formula is C22H30N2O2. The average molecular weight is 354 g/mol. The van der Waals surface area contributed by atoms with Crippen molar-refractivity contribution in [2.24, 2.45) is 11.8 Å². The third-order valence-corrected chi connectivity index (χ3v) is 6.78. The number of amides is 2. The van der Waals surface area contributed by atoms with Crippen molar-refractivity contribution in [2.45, 2.75) is 56.8 Å². The molecule has 0 spiro atoms. The van der Waals surface area contributed by atoms with E-state index in [1.54, 1.807) is 0 Å². The second-order valence-electron chi connectivity index (χ2n) is 8.39. The van der Waals surface area contributed by atoms with Crippen molar-refractivity contribution in [2.75, 3.05) is 19.6 Å². The van der Waals surface area contributed by atoms with E-state index in [9.17, 15) is 9.59 Å². The van der Waals surface area contributed by atoms with Gasteiger partial charge < -0.3 is 10.2 Å². The highest BCUT2D eigenvalue weighted by Gasteiger charge is 2.50. The Kier molecular flexibility index (Phi) is 5.01. The number of rotatable bonds is 5. The lowest BCUT2D eigenvalue weighted by Gasteiger charge is -2.41. The maximum Gasteiger partial charge on any atom is 0.230 e. The number of carbonyl (C=O) groups excluding carboxylic acids is 2. The van der Waals surface area contributed by atoms with Crippen LogP contribution >= 0.6 is 0 Å². The maximum atomic E-state index is 12.6. The number of nitrogens with one attached hydrogen (secondary N) is 1. The Morgan fingerprint density at radius 1 is 1.04 bits per heavy atom. The Bertz CT molecular complexity index is 653. The standard InChI is InChI=1S/C22H30N2O2/c25-20(24-15-11-17-6-4-5-7-18(17)16-24)10-14-23-21(26)22(12-13-22)19-8-2-1-3-9-19/h1-3,8-9,17-18H,4-7,10-16H2,(H,23,26). The number of likely N-dealkylation sites (tertiary alicyclic amines) is 1. The second-order valence-corrected chi connectivity index (χ2v) is 8.39. The summed E-state index contributed by atoms with van der Waals surface area (Å²) in [5, 5.41) is 3.02. The molecule has 2 unspecified atom stereocenters. The van der Waals surface area contributed by atoms with Crippen LogP contribution in [-0.4, -0.2) is 36.3 Å². The second kappa shape index (κ2) is 7.42. The van der Waals surface area contributed by atoms with Crippen LogP contribution < -0.4 is 5.32 Å². The molecule has 4 rings (SSSR count). The fourth-order valence-corrected chi connectivity index (χ4v) is 4.97. The van der Waals surface area contributed by atoms with Crippen molar-refractivity contribution in [3.63, 3.8) is 0 Å². The molecule has 1 aromatic carbocycles. The van der Waals surface area contributed by atoms with Crippen LogP contribution in [0.4, 0.5) is 0 Å². The highest BCUT2D eigenvalue weighted by Crippen LogP contribution is 2.48. The molecule has 0 bridgehead atoms. The first-order chi connectivity index (χ1) is 12.7. The normalized spacial score (nSPS) is 26.7. The van der Waals surface area contributed by atoms with Gasteiger partial charge in [-0.2, -0.15) is 0 Å². The molecule has 4 heteroatoms. The van der Waals surface area contributed by atoms with Crippen LogP contribution in [0, 0.1) is 11.8 Å². The molecule has 1 aromatic rings. The Hall–Kier alpha value is -1.84. The molecule has 4 nitrogen and oxygen atoms in total. The van der Waals surface area contributed by atoms with E-state index in [0.29, 0.717) is 18.9 Å². The fraction of sp³-hybridized carbons (Fsp3) is 0.636. The van der Waals surface area contributed by atoms with Crippen LogP contribution in [0.3, 0.4) is 0 Å².